The second kappa shape index (κ2) is 8.67. The number of benzene rings is 3. The number of hydrogen-bond donors (Lipinski definition) is 1. The Morgan fingerprint density at radius 2 is 1.72 bits per heavy atom. The van der Waals surface area contributed by atoms with Crippen molar-refractivity contribution in [3.8, 4) is 5.75 Å². The van der Waals surface area contributed by atoms with Gasteiger partial charge in [-0.25, -0.2) is 8.42 Å². The lowest BCUT2D eigenvalue weighted by Gasteiger charge is -2.35. The van der Waals surface area contributed by atoms with Crippen LogP contribution in [-0.2, 0) is 21.2 Å². The first-order valence-electron chi connectivity index (χ1n) is 10.5. The largest absolute Gasteiger partial charge is 0.476 e. The number of carbonyl (C=O) groups is 1. The van der Waals surface area contributed by atoms with Crippen LogP contribution in [0.25, 0.3) is 0 Å². The van der Waals surface area contributed by atoms with E-state index in [2.05, 4.69) is 5.32 Å². The van der Waals surface area contributed by atoms with Crippen LogP contribution >= 0.6 is 0 Å². The van der Waals surface area contributed by atoms with Gasteiger partial charge in [-0.2, -0.15) is 0 Å². The number of sulfonamides is 1. The molecule has 0 saturated carbocycles. The number of amides is 1. The highest BCUT2D eigenvalue weighted by Gasteiger charge is 2.37. The molecule has 1 unspecified atom stereocenters. The zero-order valence-corrected chi connectivity index (χ0v) is 19.1. The molecule has 6 nitrogen and oxygen atoms in total. The third kappa shape index (κ3) is 4.21. The smallest absolute Gasteiger partial charge is 0.267 e. The summed E-state index contributed by atoms with van der Waals surface area (Å²) in [5.41, 5.74) is 4.00. The summed E-state index contributed by atoms with van der Waals surface area (Å²) in [7, 11) is -3.89. The molecule has 0 aromatic heterocycles. The molecule has 1 heterocycles. The standard InChI is InChI=1S/C25H26N2O4S/c1-4-19-7-5-6-8-21(19)26-25(28)24-16-27(22-15-18(3)11-14-23(22)31-24)32(29,30)20-12-9-17(2)10-13-20/h5-15,24H,4,16H2,1-3H3,(H,26,28). The van der Waals surface area contributed by atoms with Crippen molar-refractivity contribution in [1.29, 1.82) is 0 Å². The molecule has 1 atom stereocenters. The molecule has 1 amide bonds. The number of aryl methyl sites for hydroxylation is 3. The van der Waals surface area contributed by atoms with Gasteiger partial charge in [-0.1, -0.05) is 48.9 Å². The summed E-state index contributed by atoms with van der Waals surface area (Å²) in [6.45, 7) is 5.68. The summed E-state index contributed by atoms with van der Waals surface area (Å²) in [4.78, 5) is 13.3. The fourth-order valence-corrected chi connectivity index (χ4v) is 5.19. The molecular formula is C25H26N2O4S. The Kier molecular flexibility index (Phi) is 5.93. The molecule has 3 aromatic rings. The van der Waals surface area contributed by atoms with Gasteiger partial charge in [0.25, 0.3) is 15.9 Å². The first-order chi connectivity index (χ1) is 15.3. The second-order valence-corrected chi connectivity index (χ2v) is 9.79. The molecule has 0 saturated heterocycles. The predicted octanol–water partition coefficient (Wildman–Crippen LogP) is 4.46. The molecule has 1 aliphatic rings. The van der Waals surface area contributed by atoms with Crippen LogP contribution in [-0.4, -0.2) is 27.0 Å². The number of ether oxygens (including phenoxy) is 1. The Bertz CT molecular complexity index is 1250. The maximum absolute atomic E-state index is 13.5. The minimum atomic E-state index is -3.89. The van der Waals surface area contributed by atoms with Gasteiger partial charge in [-0.15, -0.1) is 0 Å². The summed E-state index contributed by atoms with van der Waals surface area (Å²) in [6.07, 6.45) is -0.229. The first-order valence-corrected chi connectivity index (χ1v) is 12.0. The minimum Gasteiger partial charge on any atom is -0.476 e. The summed E-state index contributed by atoms with van der Waals surface area (Å²) >= 11 is 0. The van der Waals surface area contributed by atoms with E-state index in [4.69, 9.17) is 4.74 Å². The molecule has 1 aliphatic heterocycles. The van der Waals surface area contributed by atoms with Crippen molar-refractivity contribution in [2.24, 2.45) is 0 Å². The van der Waals surface area contributed by atoms with Gasteiger partial charge in [-0.3, -0.25) is 9.10 Å². The number of nitrogens with one attached hydrogen (secondary N) is 1. The normalized spacial score (nSPS) is 15.6. The van der Waals surface area contributed by atoms with Crippen molar-refractivity contribution in [3.63, 3.8) is 0 Å². The van der Waals surface area contributed by atoms with Gasteiger partial charge in [0.1, 0.15) is 5.75 Å². The molecule has 0 aliphatic carbocycles. The maximum Gasteiger partial charge on any atom is 0.267 e. The van der Waals surface area contributed by atoms with Crippen LogP contribution < -0.4 is 14.4 Å². The fourth-order valence-electron chi connectivity index (χ4n) is 3.73. The molecule has 0 spiro atoms. The highest BCUT2D eigenvalue weighted by atomic mass is 32.2. The third-order valence-corrected chi connectivity index (χ3v) is 7.34. The van der Waals surface area contributed by atoms with E-state index in [9.17, 15) is 13.2 Å². The van der Waals surface area contributed by atoms with Gasteiger partial charge in [0.15, 0.2) is 6.10 Å². The molecule has 1 N–H and O–H groups in total. The summed E-state index contributed by atoms with van der Waals surface area (Å²) in [5, 5.41) is 2.91. The van der Waals surface area contributed by atoms with E-state index in [1.54, 1.807) is 36.4 Å². The van der Waals surface area contributed by atoms with Crippen LogP contribution in [0.3, 0.4) is 0 Å². The SMILES string of the molecule is CCc1ccccc1NC(=O)C1CN(S(=O)(=O)c2ccc(C)cc2)c2cc(C)ccc2O1. The molecular weight excluding hydrogens is 424 g/mol. The van der Waals surface area contributed by atoms with Crippen LogP contribution in [0.2, 0.25) is 0 Å². The average molecular weight is 451 g/mol. The Morgan fingerprint density at radius 1 is 1.03 bits per heavy atom. The minimum absolute atomic E-state index is 0.118. The lowest BCUT2D eigenvalue weighted by molar-refractivity contribution is -0.122. The number of carbonyl (C=O) groups excluding carboxylic acids is 1. The van der Waals surface area contributed by atoms with E-state index in [0.29, 0.717) is 17.1 Å². The van der Waals surface area contributed by atoms with Crippen molar-refractivity contribution >= 4 is 27.3 Å². The molecule has 166 valence electrons. The van der Waals surface area contributed by atoms with Gasteiger partial charge >= 0.3 is 0 Å². The van der Waals surface area contributed by atoms with Gasteiger partial charge in [0.05, 0.1) is 17.1 Å². The fraction of sp³-hybridized carbons (Fsp3) is 0.240. The molecule has 7 heteroatoms. The number of anilines is 2. The van der Waals surface area contributed by atoms with Gasteiger partial charge in [-0.05, 0) is 61.7 Å². The van der Waals surface area contributed by atoms with Gasteiger partial charge in [0, 0.05) is 5.69 Å². The van der Waals surface area contributed by atoms with E-state index in [-0.39, 0.29) is 17.3 Å². The van der Waals surface area contributed by atoms with Crippen LogP contribution in [0.4, 0.5) is 11.4 Å². The highest BCUT2D eigenvalue weighted by molar-refractivity contribution is 7.92. The van der Waals surface area contributed by atoms with E-state index in [0.717, 1.165) is 23.1 Å². The van der Waals surface area contributed by atoms with Crippen molar-refractivity contribution in [1.82, 2.24) is 0 Å². The number of fused-ring (bicyclic) bond motifs is 1. The monoisotopic (exact) mass is 450 g/mol. The molecule has 0 radical (unpaired) electrons. The van der Waals surface area contributed by atoms with Gasteiger partial charge in [0.2, 0.25) is 0 Å². The van der Waals surface area contributed by atoms with Crippen LogP contribution in [0, 0.1) is 13.8 Å². The summed E-state index contributed by atoms with van der Waals surface area (Å²) < 4.78 is 34.3. The van der Waals surface area contributed by atoms with Crippen molar-refractivity contribution in [3.05, 3.63) is 83.4 Å². The Hall–Kier alpha value is -3.32. The van der Waals surface area contributed by atoms with E-state index < -0.39 is 16.1 Å². The molecule has 4 rings (SSSR count). The lowest BCUT2D eigenvalue weighted by Crippen LogP contribution is -2.49. The van der Waals surface area contributed by atoms with Crippen LogP contribution in [0.15, 0.2) is 71.6 Å². The number of rotatable bonds is 5. The quantitative estimate of drug-likeness (QED) is 0.623. The van der Waals surface area contributed by atoms with Crippen LogP contribution in [0.1, 0.15) is 23.6 Å². The zero-order chi connectivity index (χ0) is 22.9. The number of hydrogen-bond acceptors (Lipinski definition) is 4. The molecule has 3 aromatic carbocycles. The first kappa shape index (κ1) is 21.9. The second-order valence-electron chi connectivity index (χ2n) is 7.93. The van der Waals surface area contributed by atoms with E-state index in [1.165, 1.54) is 4.31 Å². The Labute approximate surface area is 188 Å². The topological polar surface area (TPSA) is 75.7 Å². The Morgan fingerprint density at radius 3 is 2.44 bits per heavy atom. The van der Waals surface area contributed by atoms with E-state index >= 15 is 0 Å². The highest BCUT2D eigenvalue weighted by Crippen LogP contribution is 2.38. The summed E-state index contributed by atoms with van der Waals surface area (Å²) in [6, 6.07) is 19.5. The van der Waals surface area contributed by atoms with Crippen molar-refractivity contribution in [2.75, 3.05) is 16.2 Å². The number of nitrogens with zero attached hydrogens (tertiary/aromatic N) is 1. The molecule has 32 heavy (non-hydrogen) atoms. The lowest BCUT2D eigenvalue weighted by atomic mass is 10.1. The Balaban J connectivity index is 1.70. The van der Waals surface area contributed by atoms with Gasteiger partial charge < -0.3 is 10.1 Å². The molecule has 0 fully saturated rings. The predicted molar refractivity (Wildman–Crippen MR) is 126 cm³/mol. The van der Waals surface area contributed by atoms with E-state index in [1.807, 2.05) is 51.1 Å². The average Bonchev–Trinajstić information content (AvgIpc) is 2.79. The zero-order valence-electron chi connectivity index (χ0n) is 18.3. The molecule has 0 bridgehead atoms. The van der Waals surface area contributed by atoms with Crippen molar-refractivity contribution < 1.29 is 17.9 Å². The summed E-state index contributed by atoms with van der Waals surface area (Å²) in [5.74, 6) is -0.0253. The maximum atomic E-state index is 13.5. The van der Waals surface area contributed by atoms with Crippen molar-refractivity contribution in [2.45, 2.75) is 38.2 Å². The van der Waals surface area contributed by atoms with Crippen LogP contribution in [0.5, 0.6) is 5.75 Å². The number of para-hydroxylation sites is 1. The third-order valence-electron chi connectivity index (χ3n) is 5.54.